The van der Waals surface area contributed by atoms with Crippen LogP contribution in [0.5, 0.6) is 0 Å². The SMILES string of the molecule is CCc1cccc(CC)c1NC(=O)CSc1nnc(C2CC2)n1C(C)C. The van der Waals surface area contributed by atoms with Crippen molar-refractivity contribution >= 4 is 23.4 Å². The van der Waals surface area contributed by atoms with Crippen molar-refractivity contribution < 1.29 is 4.79 Å². The number of nitrogens with zero attached hydrogens (tertiary/aromatic N) is 3. The maximum Gasteiger partial charge on any atom is 0.234 e. The van der Waals surface area contributed by atoms with E-state index in [9.17, 15) is 4.79 Å². The predicted octanol–water partition coefficient (Wildman–Crippen LogP) is 4.59. The third kappa shape index (κ3) is 4.11. The Morgan fingerprint density at radius 3 is 2.42 bits per heavy atom. The monoisotopic (exact) mass is 372 g/mol. The Bertz CT molecular complexity index is 758. The van der Waals surface area contributed by atoms with Gasteiger partial charge in [0.25, 0.3) is 0 Å². The molecule has 1 amide bonds. The van der Waals surface area contributed by atoms with Crippen molar-refractivity contribution in [3.05, 3.63) is 35.2 Å². The van der Waals surface area contributed by atoms with Gasteiger partial charge in [-0.25, -0.2) is 0 Å². The Morgan fingerprint density at radius 1 is 1.23 bits per heavy atom. The third-order valence-electron chi connectivity index (χ3n) is 4.75. The van der Waals surface area contributed by atoms with Gasteiger partial charge < -0.3 is 9.88 Å². The first-order valence-corrected chi connectivity index (χ1v) is 10.5. The zero-order valence-corrected chi connectivity index (χ0v) is 16.9. The topological polar surface area (TPSA) is 59.8 Å². The number of hydrogen-bond acceptors (Lipinski definition) is 4. The van der Waals surface area contributed by atoms with Crippen molar-refractivity contribution in [1.82, 2.24) is 14.8 Å². The Labute approximate surface area is 160 Å². The summed E-state index contributed by atoms with van der Waals surface area (Å²) in [5.41, 5.74) is 3.35. The van der Waals surface area contributed by atoms with E-state index in [2.05, 4.69) is 66.0 Å². The smallest absolute Gasteiger partial charge is 0.234 e. The fourth-order valence-corrected chi connectivity index (χ4v) is 4.08. The minimum Gasteiger partial charge on any atom is -0.325 e. The number of nitrogens with one attached hydrogen (secondary N) is 1. The molecule has 0 aliphatic heterocycles. The lowest BCUT2D eigenvalue weighted by Gasteiger charge is -2.15. The van der Waals surface area contributed by atoms with Gasteiger partial charge in [-0.2, -0.15) is 0 Å². The van der Waals surface area contributed by atoms with Gasteiger partial charge in [0, 0.05) is 17.6 Å². The highest BCUT2D eigenvalue weighted by Gasteiger charge is 2.31. The summed E-state index contributed by atoms with van der Waals surface area (Å²) < 4.78 is 2.19. The van der Waals surface area contributed by atoms with Crippen LogP contribution < -0.4 is 5.32 Å². The normalized spacial score (nSPS) is 14.0. The van der Waals surface area contributed by atoms with Gasteiger partial charge >= 0.3 is 0 Å². The average molecular weight is 373 g/mol. The van der Waals surface area contributed by atoms with Gasteiger partial charge in [0.05, 0.1) is 5.75 Å². The van der Waals surface area contributed by atoms with Crippen molar-refractivity contribution in [2.75, 3.05) is 11.1 Å². The number of carbonyl (C=O) groups excluding carboxylic acids is 1. The molecule has 1 N–H and O–H groups in total. The molecule has 6 heteroatoms. The molecule has 1 saturated carbocycles. The van der Waals surface area contributed by atoms with Crippen LogP contribution in [0, 0.1) is 0 Å². The second-order valence-electron chi connectivity index (χ2n) is 7.07. The van der Waals surface area contributed by atoms with E-state index in [1.807, 2.05) is 0 Å². The molecular weight excluding hydrogens is 344 g/mol. The van der Waals surface area contributed by atoms with Crippen molar-refractivity contribution in [1.29, 1.82) is 0 Å². The van der Waals surface area contributed by atoms with Crippen LogP contribution in [0.4, 0.5) is 5.69 Å². The molecule has 1 aliphatic rings. The summed E-state index contributed by atoms with van der Waals surface area (Å²) in [6.07, 6.45) is 4.21. The molecule has 26 heavy (non-hydrogen) atoms. The number of anilines is 1. The molecule has 0 atom stereocenters. The van der Waals surface area contributed by atoms with E-state index in [4.69, 9.17) is 0 Å². The van der Waals surface area contributed by atoms with E-state index < -0.39 is 0 Å². The molecule has 0 radical (unpaired) electrons. The first-order chi connectivity index (χ1) is 12.5. The van der Waals surface area contributed by atoms with Crippen LogP contribution in [-0.2, 0) is 17.6 Å². The standard InChI is InChI=1S/C20H28N4OS/c1-5-14-8-7-9-15(6-2)18(14)21-17(25)12-26-20-23-22-19(16-10-11-16)24(20)13(3)4/h7-9,13,16H,5-6,10-12H2,1-4H3,(H,21,25). The molecule has 1 heterocycles. The summed E-state index contributed by atoms with van der Waals surface area (Å²) in [5.74, 6) is 1.98. The van der Waals surface area contributed by atoms with E-state index >= 15 is 0 Å². The molecule has 1 fully saturated rings. The van der Waals surface area contributed by atoms with Crippen LogP contribution in [0.3, 0.4) is 0 Å². The molecular formula is C20H28N4OS. The van der Waals surface area contributed by atoms with E-state index in [0.717, 1.165) is 29.5 Å². The van der Waals surface area contributed by atoms with Gasteiger partial charge in [0.2, 0.25) is 5.91 Å². The number of aryl methyl sites for hydroxylation is 2. The van der Waals surface area contributed by atoms with Gasteiger partial charge in [0.15, 0.2) is 5.16 Å². The van der Waals surface area contributed by atoms with Gasteiger partial charge in [-0.1, -0.05) is 43.8 Å². The molecule has 1 aromatic heterocycles. The average Bonchev–Trinajstić information content (AvgIpc) is 3.39. The number of aromatic nitrogens is 3. The lowest BCUT2D eigenvalue weighted by molar-refractivity contribution is -0.113. The second kappa shape index (κ2) is 8.25. The van der Waals surface area contributed by atoms with E-state index in [1.165, 1.54) is 35.7 Å². The van der Waals surface area contributed by atoms with Crippen LogP contribution in [0.15, 0.2) is 23.4 Å². The lowest BCUT2D eigenvalue weighted by Crippen LogP contribution is -2.17. The van der Waals surface area contributed by atoms with Crippen LogP contribution in [0.2, 0.25) is 0 Å². The summed E-state index contributed by atoms with van der Waals surface area (Å²) in [5, 5.41) is 12.7. The van der Waals surface area contributed by atoms with Crippen molar-refractivity contribution in [2.45, 2.75) is 70.5 Å². The number of hydrogen-bond donors (Lipinski definition) is 1. The molecule has 0 bridgehead atoms. The molecule has 1 aromatic carbocycles. The van der Waals surface area contributed by atoms with E-state index in [-0.39, 0.29) is 5.91 Å². The number of amides is 1. The van der Waals surface area contributed by atoms with Crippen LogP contribution >= 0.6 is 11.8 Å². The largest absolute Gasteiger partial charge is 0.325 e. The summed E-state index contributed by atoms with van der Waals surface area (Å²) in [4.78, 5) is 12.6. The Hall–Kier alpha value is -1.82. The fourth-order valence-electron chi connectivity index (χ4n) is 3.20. The fraction of sp³-hybridized carbons (Fsp3) is 0.550. The predicted molar refractivity (Wildman–Crippen MR) is 107 cm³/mol. The molecule has 3 rings (SSSR count). The summed E-state index contributed by atoms with van der Waals surface area (Å²) in [7, 11) is 0. The quantitative estimate of drug-likeness (QED) is 0.688. The minimum atomic E-state index is 0.0110. The lowest BCUT2D eigenvalue weighted by atomic mass is 10.0. The first kappa shape index (κ1) is 19.0. The molecule has 0 saturated heterocycles. The van der Waals surface area contributed by atoms with E-state index in [0.29, 0.717) is 17.7 Å². The first-order valence-electron chi connectivity index (χ1n) is 9.53. The minimum absolute atomic E-state index is 0.0110. The highest BCUT2D eigenvalue weighted by atomic mass is 32.2. The number of para-hydroxylation sites is 1. The van der Waals surface area contributed by atoms with Crippen molar-refractivity contribution in [3.63, 3.8) is 0 Å². The Morgan fingerprint density at radius 2 is 1.88 bits per heavy atom. The van der Waals surface area contributed by atoms with Crippen molar-refractivity contribution in [2.24, 2.45) is 0 Å². The molecule has 0 unspecified atom stereocenters. The number of thioether (sulfide) groups is 1. The van der Waals surface area contributed by atoms with Crippen molar-refractivity contribution in [3.8, 4) is 0 Å². The zero-order chi connectivity index (χ0) is 18.7. The van der Waals surface area contributed by atoms with Crippen LogP contribution in [0.25, 0.3) is 0 Å². The number of benzene rings is 1. The highest BCUT2D eigenvalue weighted by molar-refractivity contribution is 7.99. The van der Waals surface area contributed by atoms with Gasteiger partial charge in [-0.3, -0.25) is 4.79 Å². The molecule has 2 aromatic rings. The molecule has 0 spiro atoms. The molecule has 1 aliphatic carbocycles. The maximum atomic E-state index is 12.6. The summed E-state index contributed by atoms with van der Waals surface area (Å²) in [6.45, 7) is 8.52. The number of carbonyl (C=O) groups is 1. The number of rotatable bonds is 8. The third-order valence-corrected chi connectivity index (χ3v) is 5.69. The van der Waals surface area contributed by atoms with Crippen LogP contribution in [0.1, 0.15) is 69.4 Å². The van der Waals surface area contributed by atoms with Crippen LogP contribution in [-0.4, -0.2) is 26.4 Å². The summed E-state index contributed by atoms with van der Waals surface area (Å²) in [6, 6.07) is 6.53. The Balaban J connectivity index is 1.69. The summed E-state index contributed by atoms with van der Waals surface area (Å²) >= 11 is 1.47. The molecule has 5 nitrogen and oxygen atoms in total. The molecule has 140 valence electrons. The van der Waals surface area contributed by atoms with Gasteiger partial charge in [-0.05, 0) is 50.7 Å². The Kier molecular flexibility index (Phi) is 6.01. The highest BCUT2D eigenvalue weighted by Crippen LogP contribution is 2.41. The van der Waals surface area contributed by atoms with E-state index in [1.54, 1.807) is 0 Å². The maximum absolute atomic E-state index is 12.6. The van der Waals surface area contributed by atoms with Gasteiger partial charge in [-0.15, -0.1) is 10.2 Å². The van der Waals surface area contributed by atoms with Gasteiger partial charge in [0.1, 0.15) is 5.82 Å². The zero-order valence-electron chi connectivity index (χ0n) is 16.1. The second-order valence-corrected chi connectivity index (χ2v) is 8.02.